The van der Waals surface area contributed by atoms with E-state index in [2.05, 4.69) is 44.6 Å². The number of fused-ring (bicyclic) bond motifs is 1. The number of likely N-dealkylation sites (tertiary alicyclic amines) is 1. The minimum atomic E-state index is 0.564. The van der Waals surface area contributed by atoms with E-state index in [-0.39, 0.29) is 0 Å². The SMILES string of the molecule is COc1ccccc1CC1CCCN1Cc1ccc2n[nH]nc2c1. The van der Waals surface area contributed by atoms with Crippen molar-refractivity contribution in [2.45, 2.75) is 31.8 Å². The van der Waals surface area contributed by atoms with E-state index in [1.165, 1.54) is 24.0 Å². The van der Waals surface area contributed by atoms with Gasteiger partial charge in [0.15, 0.2) is 0 Å². The van der Waals surface area contributed by atoms with Crippen molar-refractivity contribution in [3.63, 3.8) is 0 Å². The molecular formula is C19H22N4O. The second kappa shape index (κ2) is 6.61. The molecule has 0 spiro atoms. The van der Waals surface area contributed by atoms with E-state index in [1.807, 2.05) is 18.2 Å². The van der Waals surface area contributed by atoms with Gasteiger partial charge in [-0.3, -0.25) is 4.90 Å². The van der Waals surface area contributed by atoms with Crippen LogP contribution in [-0.4, -0.2) is 40.0 Å². The minimum Gasteiger partial charge on any atom is -0.496 e. The molecule has 24 heavy (non-hydrogen) atoms. The molecule has 5 heteroatoms. The largest absolute Gasteiger partial charge is 0.496 e. The highest BCUT2D eigenvalue weighted by atomic mass is 16.5. The van der Waals surface area contributed by atoms with Gasteiger partial charge in [-0.25, -0.2) is 0 Å². The molecule has 0 amide bonds. The van der Waals surface area contributed by atoms with Gasteiger partial charge < -0.3 is 4.74 Å². The van der Waals surface area contributed by atoms with Crippen molar-refractivity contribution in [1.29, 1.82) is 0 Å². The molecule has 0 bridgehead atoms. The van der Waals surface area contributed by atoms with Crippen molar-refractivity contribution in [2.24, 2.45) is 0 Å². The second-order valence-corrected chi connectivity index (χ2v) is 6.43. The standard InChI is InChI=1S/C19H22N4O/c1-24-19-7-3-2-5-15(19)12-16-6-4-10-23(16)13-14-8-9-17-18(11-14)21-22-20-17/h2-3,5,7-9,11,16H,4,6,10,12-13H2,1H3,(H,20,21,22). The Bertz CT molecular complexity index is 829. The van der Waals surface area contributed by atoms with E-state index in [9.17, 15) is 0 Å². The quantitative estimate of drug-likeness (QED) is 0.784. The van der Waals surface area contributed by atoms with Gasteiger partial charge in [-0.2, -0.15) is 15.4 Å². The summed E-state index contributed by atoms with van der Waals surface area (Å²) in [7, 11) is 1.75. The van der Waals surface area contributed by atoms with Crippen LogP contribution in [0.2, 0.25) is 0 Å². The number of ether oxygens (including phenoxy) is 1. The summed E-state index contributed by atoms with van der Waals surface area (Å²) < 4.78 is 5.51. The molecule has 5 nitrogen and oxygen atoms in total. The fourth-order valence-corrected chi connectivity index (χ4v) is 3.68. The third kappa shape index (κ3) is 2.99. The van der Waals surface area contributed by atoms with Gasteiger partial charge in [0.1, 0.15) is 16.8 Å². The fraction of sp³-hybridized carbons (Fsp3) is 0.368. The lowest BCUT2D eigenvalue weighted by Crippen LogP contribution is -2.30. The van der Waals surface area contributed by atoms with E-state index < -0.39 is 0 Å². The summed E-state index contributed by atoms with van der Waals surface area (Å²) in [5.74, 6) is 0.994. The molecule has 1 fully saturated rings. The Hall–Kier alpha value is -2.40. The fourth-order valence-electron chi connectivity index (χ4n) is 3.68. The molecule has 2 heterocycles. The number of benzene rings is 2. The zero-order chi connectivity index (χ0) is 16.4. The van der Waals surface area contributed by atoms with Crippen LogP contribution < -0.4 is 4.74 Å². The lowest BCUT2D eigenvalue weighted by molar-refractivity contribution is 0.242. The number of hydrogen-bond donors (Lipinski definition) is 1. The smallest absolute Gasteiger partial charge is 0.122 e. The number of aromatic nitrogens is 3. The van der Waals surface area contributed by atoms with Gasteiger partial charge >= 0.3 is 0 Å². The van der Waals surface area contributed by atoms with E-state index in [1.54, 1.807) is 7.11 Å². The van der Waals surface area contributed by atoms with Gasteiger partial charge in [0, 0.05) is 12.6 Å². The van der Waals surface area contributed by atoms with Crippen LogP contribution in [0, 0.1) is 0 Å². The molecule has 2 aromatic carbocycles. The highest BCUT2D eigenvalue weighted by Gasteiger charge is 2.25. The summed E-state index contributed by atoms with van der Waals surface area (Å²) in [5.41, 5.74) is 4.45. The molecule has 1 aromatic heterocycles. The predicted octanol–water partition coefficient (Wildman–Crippen LogP) is 3.17. The maximum atomic E-state index is 5.51. The molecule has 0 aliphatic carbocycles. The third-order valence-corrected chi connectivity index (χ3v) is 4.91. The van der Waals surface area contributed by atoms with Crippen molar-refractivity contribution in [3.8, 4) is 5.75 Å². The molecule has 1 aliphatic rings. The van der Waals surface area contributed by atoms with Crippen LogP contribution in [0.25, 0.3) is 11.0 Å². The molecule has 3 aromatic rings. The van der Waals surface area contributed by atoms with E-state index >= 15 is 0 Å². The van der Waals surface area contributed by atoms with Gasteiger partial charge in [0.05, 0.1) is 7.11 Å². The molecule has 1 N–H and O–H groups in total. The third-order valence-electron chi connectivity index (χ3n) is 4.91. The topological polar surface area (TPSA) is 54.0 Å². The number of nitrogens with one attached hydrogen (secondary N) is 1. The van der Waals surface area contributed by atoms with Gasteiger partial charge in [-0.15, -0.1) is 0 Å². The van der Waals surface area contributed by atoms with Gasteiger partial charge in [0.25, 0.3) is 0 Å². The summed E-state index contributed by atoms with van der Waals surface area (Å²) in [6.45, 7) is 2.11. The Morgan fingerprint density at radius 1 is 1.17 bits per heavy atom. The lowest BCUT2D eigenvalue weighted by atomic mass is 10.0. The zero-order valence-corrected chi connectivity index (χ0v) is 13.9. The van der Waals surface area contributed by atoms with Crippen LogP contribution in [0.1, 0.15) is 24.0 Å². The van der Waals surface area contributed by atoms with Crippen molar-refractivity contribution in [3.05, 3.63) is 53.6 Å². The Labute approximate surface area is 141 Å². The second-order valence-electron chi connectivity index (χ2n) is 6.43. The lowest BCUT2D eigenvalue weighted by Gasteiger charge is -2.25. The van der Waals surface area contributed by atoms with Crippen LogP contribution >= 0.6 is 0 Å². The monoisotopic (exact) mass is 322 g/mol. The first-order valence-electron chi connectivity index (χ1n) is 8.49. The molecule has 0 saturated carbocycles. The summed E-state index contributed by atoms with van der Waals surface area (Å²) in [6.07, 6.45) is 3.53. The van der Waals surface area contributed by atoms with Crippen LogP contribution in [0.4, 0.5) is 0 Å². The molecular weight excluding hydrogens is 300 g/mol. The first-order chi connectivity index (χ1) is 11.8. The Morgan fingerprint density at radius 3 is 2.96 bits per heavy atom. The first kappa shape index (κ1) is 15.1. The number of hydrogen-bond acceptors (Lipinski definition) is 4. The van der Waals surface area contributed by atoms with Crippen molar-refractivity contribution in [1.82, 2.24) is 20.3 Å². The van der Waals surface area contributed by atoms with Gasteiger partial charge in [0.2, 0.25) is 0 Å². The zero-order valence-electron chi connectivity index (χ0n) is 13.9. The minimum absolute atomic E-state index is 0.564. The van der Waals surface area contributed by atoms with Crippen molar-refractivity contribution in [2.75, 3.05) is 13.7 Å². The van der Waals surface area contributed by atoms with Crippen LogP contribution in [0.3, 0.4) is 0 Å². The van der Waals surface area contributed by atoms with Crippen LogP contribution in [-0.2, 0) is 13.0 Å². The summed E-state index contributed by atoms with van der Waals surface area (Å²) >= 11 is 0. The first-order valence-corrected chi connectivity index (χ1v) is 8.49. The number of rotatable bonds is 5. The number of aromatic amines is 1. The highest BCUT2D eigenvalue weighted by Crippen LogP contribution is 2.27. The van der Waals surface area contributed by atoms with Gasteiger partial charge in [-0.1, -0.05) is 24.3 Å². The van der Waals surface area contributed by atoms with Crippen LogP contribution in [0.15, 0.2) is 42.5 Å². The molecule has 1 aliphatic heterocycles. The number of H-pyrrole nitrogens is 1. The molecule has 1 saturated heterocycles. The average molecular weight is 322 g/mol. The normalized spacial score (nSPS) is 18.3. The maximum Gasteiger partial charge on any atom is 0.122 e. The molecule has 1 unspecified atom stereocenters. The Kier molecular flexibility index (Phi) is 4.17. The average Bonchev–Trinajstić information content (AvgIpc) is 3.24. The predicted molar refractivity (Wildman–Crippen MR) is 94.0 cm³/mol. The molecule has 124 valence electrons. The number of nitrogens with zero attached hydrogens (tertiary/aromatic N) is 3. The Balaban J connectivity index is 1.50. The van der Waals surface area contributed by atoms with E-state index in [0.717, 1.165) is 36.3 Å². The van der Waals surface area contributed by atoms with Crippen LogP contribution in [0.5, 0.6) is 5.75 Å². The summed E-state index contributed by atoms with van der Waals surface area (Å²) in [5, 5.41) is 11.0. The van der Waals surface area contributed by atoms with E-state index in [0.29, 0.717) is 6.04 Å². The molecule has 1 atom stereocenters. The summed E-state index contributed by atoms with van der Waals surface area (Å²) in [6, 6.07) is 15.2. The number of para-hydroxylation sites is 1. The highest BCUT2D eigenvalue weighted by molar-refractivity contribution is 5.74. The molecule has 0 radical (unpaired) electrons. The Morgan fingerprint density at radius 2 is 2.04 bits per heavy atom. The molecule has 4 rings (SSSR count). The van der Waals surface area contributed by atoms with Gasteiger partial charge in [-0.05, 0) is 55.1 Å². The number of methoxy groups -OCH3 is 1. The van der Waals surface area contributed by atoms with E-state index in [4.69, 9.17) is 4.74 Å². The maximum absolute atomic E-state index is 5.51. The summed E-state index contributed by atoms with van der Waals surface area (Å²) in [4.78, 5) is 2.58. The van der Waals surface area contributed by atoms with Crippen molar-refractivity contribution < 1.29 is 4.74 Å². The van der Waals surface area contributed by atoms with Crippen molar-refractivity contribution >= 4 is 11.0 Å².